The number of hydrogen-bond acceptors (Lipinski definition) is 6. The SMILES string of the molecule is COC(OC)C1=C(OCc2ccccc2)C(O)C(C(=O)O)=CN1. The Morgan fingerprint density at radius 2 is 1.91 bits per heavy atom. The van der Waals surface area contributed by atoms with Crippen molar-refractivity contribution in [1.82, 2.24) is 5.32 Å². The van der Waals surface area contributed by atoms with Crippen molar-refractivity contribution in [2.45, 2.75) is 19.0 Å². The summed E-state index contributed by atoms with van der Waals surface area (Å²) in [5, 5.41) is 22.2. The fraction of sp³-hybridized carbons (Fsp3) is 0.312. The highest BCUT2D eigenvalue weighted by Gasteiger charge is 2.33. The van der Waals surface area contributed by atoms with Crippen LogP contribution in [0.1, 0.15) is 5.56 Å². The smallest absolute Gasteiger partial charge is 0.336 e. The molecule has 1 aliphatic rings. The largest absolute Gasteiger partial charge is 0.488 e. The highest BCUT2D eigenvalue weighted by molar-refractivity contribution is 5.88. The van der Waals surface area contributed by atoms with Crippen LogP contribution in [0.15, 0.2) is 53.6 Å². The summed E-state index contributed by atoms with van der Waals surface area (Å²) in [5.41, 5.74) is 0.982. The average Bonchev–Trinajstić information content (AvgIpc) is 2.56. The molecule has 2 rings (SSSR count). The lowest BCUT2D eigenvalue weighted by Gasteiger charge is -2.28. The summed E-state index contributed by atoms with van der Waals surface area (Å²) in [4.78, 5) is 11.2. The number of carboxylic acid groups (broad SMARTS) is 1. The van der Waals surface area contributed by atoms with E-state index in [4.69, 9.17) is 19.3 Å². The second-order valence-corrected chi connectivity index (χ2v) is 4.81. The minimum atomic E-state index is -1.42. The topological polar surface area (TPSA) is 97.3 Å². The lowest BCUT2D eigenvalue weighted by atomic mass is 10.0. The molecule has 1 heterocycles. The first-order chi connectivity index (χ1) is 11.1. The summed E-state index contributed by atoms with van der Waals surface area (Å²) < 4.78 is 16.0. The zero-order chi connectivity index (χ0) is 16.8. The second kappa shape index (κ2) is 7.77. The maximum Gasteiger partial charge on any atom is 0.336 e. The molecule has 0 radical (unpaired) electrons. The number of carboxylic acids is 1. The third-order valence-corrected chi connectivity index (χ3v) is 3.34. The van der Waals surface area contributed by atoms with Gasteiger partial charge in [0.25, 0.3) is 0 Å². The quantitative estimate of drug-likeness (QED) is 0.644. The Bertz CT molecular complexity index is 606. The number of nitrogens with one attached hydrogen (secondary N) is 1. The van der Waals surface area contributed by atoms with Crippen molar-refractivity contribution >= 4 is 5.97 Å². The molecule has 1 unspecified atom stereocenters. The van der Waals surface area contributed by atoms with E-state index in [0.717, 1.165) is 5.56 Å². The van der Waals surface area contributed by atoms with Gasteiger partial charge < -0.3 is 29.7 Å². The van der Waals surface area contributed by atoms with Gasteiger partial charge in [-0.3, -0.25) is 0 Å². The molecule has 1 atom stereocenters. The van der Waals surface area contributed by atoms with Gasteiger partial charge in [-0.1, -0.05) is 30.3 Å². The van der Waals surface area contributed by atoms with E-state index < -0.39 is 18.4 Å². The van der Waals surface area contributed by atoms with Crippen molar-refractivity contribution in [3.63, 3.8) is 0 Å². The van der Waals surface area contributed by atoms with Gasteiger partial charge in [-0.25, -0.2) is 4.79 Å². The second-order valence-electron chi connectivity index (χ2n) is 4.81. The number of benzene rings is 1. The van der Waals surface area contributed by atoms with E-state index in [0.29, 0.717) is 5.70 Å². The van der Waals surface area contributed by atoms with Gasteiger partial charge in [0.05, 0.1) is 5.57 Å². The van der Waals surface area contributed by atoms with Crippen LogP contribution in [-0.2, 0) is 25.6 Å². The van der Waals surface area contributed by atoms with Gasteiger partial charge >= 0.3 is 5.97 Å². The van der Waals surface area contributed by atoms with Gasteiger partial charge in [0.15, 0.2) is 5.76 Å². The summed E-state index contributed by atoms with van der Waals surface area (Å²) in [6.07, 6.45) is -1.04. The van der Waals surface area contributed by atoms with Crippen molar-refractivity contribution < 1.29 is 29.2 Å². The van der Waals surface area contributed by atoms with E-state index in [1.807, 2.05) is 30.3 Å². The number of aliphatic hydroxyl groups is 1. The fourth-order valence-electron chi connectivity index (χ4n) is 2.18. The molecule has 124 valence electrons. The minimum absolute atomic E-state index is 0.0578. The zero-order valence-corrected chi connectivity index (χ0v) is 12.9. The normalized spacial score (nSPS) is 17.7. The third-order valence-electron chi connectivity index (χ3n) is 3.34. The molecular weight excluding hydrogens is 302 g/mol. The van der Waals surface area contributed by atoms with Crippen molar-refractivity contribution in [2.24, 2.45) is 0 Å². The third kappa shape index (κ3) is 3.89. The lowest BCUT2D eigenvalue weighted by molar-refractivity contribution is -0.134. The lowest BCUT2D eigenvalue weighted by Crippen LogP contribution is -2.36. The molecule has 1 aromatic rings. The van der Waals surface area contributed by atoms with E-state index in [1.165, 1.54) is 20.4 Å². The molecule has 0 aliphatic carbocycles. The molecule has 0 amide bonds. The number of methoxy groups -OCH3 is 2. The molecular formula is C16H19NO6. The van der Waals surface area contributed by atoms with Crippen LogP contribution in [0.4, 0.5) is 0 Å². The molecule has 23 heavy (non-hydrogen) atoms. The Balaban J connectivity index is 2.27. The Hall–Kier alpha value is -2.35. The van der Waals surface area contributed by atoms with Crippen molar-refractivity contribution in [3.8, 4) is 0 Å². The van der Waals surface area contributed by atoms with Crippen LogP contribution >= 0.6 is 0 Å². The van der Waals surface area contributed by atoms with Crippen LogP contribution in [0, 0.1) is 0 Å². The van der Waals surface area contributed by atoms with Gasteiger partial charge in [0, 0.05) is 20.4 Å². The summed E-state index contributed by atoms with van der Waals surface area (Å²) in [6, 6.07) is 9.32. The molecule has 0 aromatic heterocycles. The summed E-state index contributed by atoms with van der Waals surface area (Å²) >= 11 is 0. The van der Waals surface area contributed by atoms with Gasteiger partial charge in [-0.2, -0.15) is 0 Å². The molecule has 0 fully saturated rings. The van der Waals surface area contributed by atoms with E-state index >= 15 is 0 Å². The zero-order valence-electron chi connectivity index (χ0n) is 12.9. The van der Waals surface area contributed by atoms with Crippen LogP contribution in [0.3, 0.4) is 0 Å². The Kier molecular flexibility index (Phi) is 5.75. The van der Waals surface area contributed by atoms with Gasteiger partial charge in [0.1, 0.15) is 18.4 Å². The van der Waals surface area contributed by atoms with Crippen LogP contribution in [-0.4, -0.2) is 42.8 Å². The minimum Gasteiger partial charge on any atom is -0.488 e. The summed E-state index contributed by atoms with van der Waals surface area (Å²) in [7, 11) is 2.86. The van der Waals surface area contributed by atoms with E-state index in [1.54, 1.807) is 0 Å². The van der Waals surface area contributed by atoms with E-state index in [9.17, 15) is 9.90 Å². The molecule has 3 N–H and O–H groups in total. The first kappa shape index (κ1) is 17.0. The molecule has 7 nitrogen and oxygen atoms in total. The fourth-order valence-corrected chi connectivity index (χ4v) is 2.18. The van der Waals surface area contributed by atoms with Gasteiger partial charge in [0.2, 0.25) is 6.29 Å². The van der Waals surface area contributed by atoms with Gasteiger partial charge in [-0.15, -0.1) is 0 Å². The van der Waals surface area contributed by atoms with Crippen molar-refractivity contribution in [1.29, 1.82) is 0 Å². The first-order valence-corrected chi connectivity index (χ1v) is 6.92. The number of dihydropyridines is 1. The predicted molar refractivity (Wildman–Crippen MR) is 80.9 cm³/mol. The van der Waals surface area contributed by atoms with Crippen molar-refractivity contribution in [2.75, 3.05) is 14.2 Å². The molecule has 0 spiro atoms. The van der Waals surface area contributed by atoms with Crippen LogP contribution in [0.5, 0.6) is 0 Å². The number of rotatable bonds is 7. The maximum absolute atomic E-state index is 11.2. The first-order valence-electron chi connectivity index (χ1n) is 6.92. The number of ether oxygens (including phenoxy) is 3. The van der Waals surface area contributed by atoms with Crippen molar-refractivity contribution in [3.05, 3.63) is 59.1 Å². The molecule has 0 saturated heterocycles. The molecule has 1 aromatic carbocycles. The van der Waals surface area contributed by atoms with E-state index in [2.05, 4.69) is 5.32 Å². The molecule has 7 heteroatoms. The molecule has 0 bridgehead atoms. The van der Waals surface area contributed by atoms with E-state index in [-0.39, 0.29) is 17.9 Å². The Labute approximate surface area is 133 Å². The standard InChI is InChI=1S/C16H19NO6/c1-21-16(22-2)12-14(13(18)11(8-17-12)15(19)20)23-9-10-6-4-3-5-7-10/h3-8,13,16-18H,9H2,1-2H3,(H,19,20). The maximum atomic E-state index is 11.2. The summed E-state index contributed by atoms with van der Waals surface area (Å²) in [5.74, 6) is -1.18. The number of aliphatic hydroxyl groups excluding tert-OH is 1. The van der Waals surface area contributed by atoms with Crippen LogP contribution in [0.2, 0.25) is 0 Å². The number of aliphatic carboxylic acids is 1. The van der Waals surface area contributed by atoms with Crippen LogP contribution < -0.4 is 5.32 Å². The number of carbonyl (C=O) groups is 1. The van der Waals surface area contributed by atoms with Gasteiger partial charge in [-0.05, 0) is 5.56 Å². The molecule has 0 saturated carbocycles. The summed E-state index contributed by atoms with van der Waals surface area (Å²) in [6.45, 7) is 0.172. The highest BCUT2D eigenvalue weighted by atomic mass is 16.7. The molecule has 1 aliphatic heterocycles. The highest BCUT2D eigenvalue weighted by Crippen LogP contribution is 2.25. The Morgan fingerprint density at radius 1 is 1.26 bits per heavy atom. The Morgan fingerprint density at radius 3 is 2.48 bits per heavy atom. The predicted octanol–water partition coefficient (Wildman–Crippen LogP) is 0.966. The van der Waals surface area contributed by atoms with Crippen LogP contribution in [0.25, 0.3) is 0 Å². The average molecular weight is 321 g/mol. The monoisotopic (exact) mass is 321 g/mol. The number of hydrogen-bond donors (Lipinski definition) is 3.